The van der Waals surface area contributed by atoms with Gasteiger partial charge in [-0.1, -0.05) is 30.3 Å². The van der Waals surface area contributed by atoms with Gasteiger partial charge in [-0.15, -0.1) is 0 Å². The quantitative estimate of drug-likeness (QED) is 0.508. The van der Waals surface area contributed by atoms with E-state index < -0.39 is 23.3 Å². The molecule has 2 saturated heterocycles. The van der Waals surface area contributed by atoms with Crippen LogP contribution >= 0.6 is 0 Å². The Morgan fingerprint density at radius 3 is 2.65 bits per heavy atom. The number of carboxylic acids is 1. The molecule has 1 unspecified atom stereocenters. The van der Waals surface area contributed by atoms with Gasteiger partial charge in [-0.3, -0.25) is 15.4 Å². The van der Waals surface area contributed by atoms with Gasteiger partial charge >= 0.3 is 5.97 Å². The number of aliphatic hydroxyl groups is 2. The van der Waals surface area contributed by atoms with Crippen molar-refractivity contribution in [2.45, 2.75) is 24.2 Å². The molecule has 0 bridgehead atoms. The van der Waals surface area contributed by atoms with E-state index in [-0.39, 0.29) is 18.9 Å². The number of carbonyl (C=O) groups is 1. The Morgan fingerprint density at radius 1 is 1.35 bits per heavy atom. The number of nitrogens with one attached hydrogen (secondary N) is 2. The molecule has 2 fully saturated rings. The molecule has 2 aliphatic rings. The fourth-order valence-corrected chi connectivity index (χ4v) is 3.63. The molecule has 0 aromatic heterocycles. The number of aliphatic carboxylic acids is 1. The first kappa shape index (κ1) is 13.5. The maximum Gasteiger partial charge on any atom is 0.316 e. The average Bonchev–Trinajstić information content (AvgIpc) is 2.89. The lowest BCUT2D eigenvalue weighted by Crippen LogP contribution is -2.60. The molecular formula is C14H18N2O4. The highest BCUT2D eigenvalue weighted by molar-refractivity contribution is 5.79. The predicted molar refractivity (Wildman–Crippen MR) is 70.8 cm³/mol. The van der Waals surface area contributed by atoms with Gasteiger partial charge in [0.05, 0.1) is 6.61 Å². The van der Waals surface area contributed by atoms with Crippen molar-refractivity contribution < 1.29 is 20.1 Å². The Kier molecular flexibility index (Phi) is 3.06. The van der Waals surface area contributed by atoms with Crippen LogP contribution in [-0.2, 0) is 4.79 Å². The second-order valence-electron chi connectivity index (χ2n) is 5.56. The first-order valence-electron chi connectivity index (χ1n) is 6.68. The van der Waals surface area contributed by atoms with Gasteiger partial charge in [0.25, 0.3) is 0 Å². The van der Waals surface area contributed by atoms with E-state index in [9.17, 15) is 20.1 Å². The van der Waals surface area contributed by atoms with E-state index in [2.05, 4.69) is 10.6 Å². The maximum absolute atomic E-state index is 11.9. The van der Waals surface area contributed by atoms with E-state index in [1.165, 1.54) is 0 Å². The van der Waals surface area contributed by atoms with Crippen LogP contribution in [-0.4, -0.2) is 46.3 Å². The Hall–Kier alpha value is -1.47. The molecule has 20 heavy (non-hydrogen) atoms. The van der Waals surface area contributed by atoms with Crippen molar-refractivity contribution in [2.75, 3.05) is 13.2 Å². The second-order valence-corrected chi connectivity index (χ2v) is 5.56. The van der Waals surface area contributed by atoms with E-state index in [4.69, 9.17) is 0 Å². The summed E-state index contributed by atoms with van der Waals surface area (Å²) >= 11 is 0. The molecule has 2 aliphatic heterocycles. The van der Waals surface area contributed by atoms with Gasteiger partial charge in [0.2, 0.25) is 0 Å². The highest BCUT2D eigenvalue weighted by Gasteiger charge is 2.69. The van der Waals surface area contributed by atoms with Crippen LogP contribution in [0.1, 0.15) is 17.9 Å². The zero-order valence-corrected chi connectivity index (χ0v) is 10.9. The first-order chi connectivity index (χ1) is 9.53. The van der Waals surface area contributed by atoms with Gasteiger partial charge in [-0.2, -0.15) is 0 Å². The van der Waals surface area contributed by atoms with Crippen LogP contribution in [0.2, 0.25) is 0 Å². The summed E-state index contributed by atoms with van der Waals surface area (Å²) in [7, 11) is 0. The summed E-state index contributed by atoms with van der Waals surface area (Å²) in [5.74, 6) is -3.09. The van der Waals surface area contributed by atoms with Crippen LogP contribution in [0.3, 0.4) is 0 Å². The third-order valence-electron chi connectivity index (χ3n) is 4.59. The highest BCUT2D eigenvalue weighted by atomic mass is 16.4. The number of aliphatic hydroxyl groups excluding tert-OH is 1. The second kappa shape index (κ2) is 4.53. The summed E-state index contributed by atoms with van der Waals surface area (Å²) in [6.07, 6.45) is 0.182. The lowest BCUT2D eigenvalue weighted by Gasteiger charge is -2.35. The summed E-state index contributed by atoms with van der Waals surface area (Å²) in [6.45, 7) is 0.165. The SMILES string of the molecule is O=C(O)[C@]12C[C@H](CO)N[C@@]1(O)NCC2c1ccccc1. The van der Waals surface area contributed by atoms with Crippen LogP contribution < -0.4 is 10.6 Å². The molecule has 1 aromatic rings. The van der Waals surface area contributed by atoms with Crippen LogP contribution in [0.15, 0.2) is 30.3 Å². The fourth-order valence-electron chi connectivity index (χ4n) is 3.63. The molecule has 1 aromatic carbocycles. The molecule has 0 aliphatic carbocycles. The van der Waals surface area contributed by atoms with E-state index in [0.717, 1.165) is 5.56 Å². The molecular weight excluding hydrogens is 260 g/mol. The fraction of sp³-hybridized carbons (Fsp3) is 0.500. The molecule has 108 valence electrons. The van der Waals surface area contributed by atoms with Crippen molar-refractivity contribution in [1.82, 2.24) is 10.6 Å². The number of benzene rings is 1. The Morgan fingerprint density at radius 2 is 2.05 bits per heavy atom. The van der Waals surface area contributed by atoms with Crippen LogP contribution in [0.25, 0.3) is 0 Å². The van der Waals surface area contributed by atoms with Crippen molar-refractivity contribution in [2.24, 2.45) is 5.41 Å². The standard InChI is InChI=1S/C14H18N2O4/c17-8-10-6-13(12(18)19)11(7-15-14(13,20)16-10)9-4-2-1-3-5-9/h1-5,10-11,15-17,20H,6-8H2,(H,18,19)/t10-,11?,13-,14+/m1/s1. The molecule has 0 radical (unpaired) electrons. The van der Waals surface area contributed by atoms with Crippen LogP contribution in [0, 0.1) is 5.41 Å². The molecule has 5 N–H and O–H groups in total. The smallest absolute Gasteiger partial charge is 0.316 e. The van der Waals surface area contributed by atoms with Crippen LogP contribution in [0.5, 0.6) is 0 Å². The minimum atomic E-state index is -1.69. The third kappa shape index (κ3) is 1.63. The van der Waals surface area contributed by atoms with Crippen LogP contribution in [0.4, 0.5) is 0 Å². The van der Waals surface area contributed by atoms with Gasteiger partial charge in [0.1, 0.15) is 5.41 Å². The van der Waals surface area contributed by atoms with Crippen molar-refractivity contribution in [3.8, 4) is 0 Å². The molecule has 2 heterocycles. The number of rotatable bonds is 3. The van der Waals surface area contributed by atoms with Gasteiger partial charge in [-0.25, -0.2) is 0 Å². The lowest BCUT2D eigenvalue weighted by molar-refractivity contribution is -0.166. The van der Waals surface area contributed by atoms with E-state index >= 15 is 0 Å². The van der Waals surface area contributed by atoms with Crippen molar-refractivity contribution in [3.63, 3.8) is 0 Å². The van der Waals surface area contributed by atoms with Crippen molar-refractivity contribution in [3.05, 3.63) is 35.9 Å². The summed E-state index contributed by atoms with van der Waals surface area (Å²) in [5.41, 5.74) is -0.499. The topological polar surface area (TPSA) is 102 Å². The monoisotopic (exact) mass is 278 g/mol. The molecule has 6 heteroatoms. The molecule has 0 saturated carbocycles. The van der Waals surface area contributed by atoms with Gasteiger partial charge < -0.3 is 15.3 Å². The molecule has 3 rings (SSSR count). The van der Waals surface area contributed by atoms with E-state index in [1.54, 1.807) is 0 Å². The van der Waals surface area contributed by atoms with Gasteiger partial charge in [0, 0.05) is 18.5 Å². The normalized spacial score (nSPS) is 39.7. The molecule has 6 nitrogen and oxygen atoms in total. The Bertz CT molecular complexity index is 523. The zero-order chi connectivity index (χ0) is 14.4. The summed E-state index contributed by atoms with van der Waals surface area (Å²) in [4.78, 5) is 11.9. The summed E-state index contributed by atoms with van der Waals surface area (Å²) < 4.78 is 0. The largest absolute Gasteiger partial charge is 0.481 e. The number of fused-ring (bicyclic) bond motifs is 1. The van der Waals surface area contributed by atoms with Gasteiger partial charge in [0.15, 0.2) is 5.85 Å². The number of hydrogen-bond acceptors (Lipinski definition) is 5. The average molecular weight is 278 g/mol. The molecule has 0 spiro atoms. The predicted octanol–water partition coefficient (Wildman–Crippen LogP) is -0.555. The molecule has 4 atom stereocenters. The van der Waals surface area contributed by atoms with Crippen molar-refractivity contribution >= 4 is 5.97 Å². The minimum Gasteiger partial charge on any atom is -0.481 e. The van der Waals surface area contributed by atoms with E-state index in [0.29, 0.717) is 6.54 Å². The number of carboxylic acid groups (broad SMARTS) is 1. The third-order valence-corrected chi connectivity index (χ3v) is 4.59. The summed E-state index contributed by atoms with van der Waals surface area (Å²) in [5, 5.41) is 35.4. The Balaban J connectivity index is 2.07. The lowest BCUT2D eigenvalue weighted by atomic mass is 9.70. The van der Waals surface area contributed by atoms with E-state index in [1.807, 2.05) is 30.3 Å². The zero-order valence-electron chi connectivity index (χ0n) is 10.9. The number of hydrogen-bond donors (Lipinski definition) is 5. The summed E-state index contributed by atoms with van der Waals surface area (Å²) in [6, 6.07) is 8.89. The maximum atomic E-state index is 11.9. The first-order valence-corrected chi connectivity index (χ1v) is 6.68. The highest BCUT2D eigenvalue weighted by Crippen LogP contribution is 2.53. The van der Waals surface area contributed by atoms with Crippen molar-refractivity contribution in [1.29, 1.82) is 0 Å². The minimum absolute atomic E-state index is 0.182. The Labute approximate surface area is 116 Å². The molecule has 0 amide bonds. The van der Waals surface area contributed by atoms with Gasteiger partial charge in [-0.05, 0) is 12.0 Å².